The summed E-state index contributed by atoms with van der Waals surface area (Å²) < 4.78 is 0. The first-order valence-corrected chi connectivity index (χ1v) is 7.35. The summed E-state index contributed by atoms with van der Waals surface area (Å²) in [6.07, 6.45) is 4.06. The molecular formula is C17H27N. The molecule has 1 aliphatic rings. The normalized spacial score (nSPS) is 28.3. The van der Waals surface area contributed by atoms with Crippen molar-refractivity contribution in [3.63, 3.8) is 0 Å². The topological polar surface area (TPSA) is 12.0 Å². The predicted molar refractivity (Wildman–Crippen MR) is 78.7 cm³/mol. The van der Waals surface area contributed by atoms with Crippen molar-refractivity contribution in [1.82, 2.24) is 5.32 Å². The van der Waals surface area contributed by atoms with Gasteiger partial charge in [-0.2, -0.15) is 0 Å². The van der Waals surface area contributed by atoms with Gasteiger partial charge in [-0.1, -0.05) is 37.6 Å². The molecule has 0 saturated heterocycles. The lowest BCUT2D eigenvalue weighted by atomic mass is 9.79. The first-order valence-electron chi connectivity index (χ1n) is 7.35. The van der Waals surface area contributed by atoms with E-state index in [2.05, 4.69) is 51.2 Å². The molecule has 2 rings (SSSR count). The number of benzene rings is 1. The van der Waals surface area contributed by atoms with Crippen LogP contribution in [0.4, 0.5) is 0 Å². The van der Waals surface area contributed by atoms with Crippen LogP contribution in [-0.4, -0.2) is 6.04 Å². The molecule has 0 bridgehead atoms. The molecule has 1 nitrogen and oxygen atoms in total. The Morgan fingerprint density at radius 3 is 2.56 bits per heavy atom. The molecule has 0 amide bonds. The van der Waals surface area contributed by atoms with Crippen LogP contribution in [0.5, 0.6) is 0 Å². The van der Waals surface area contributed by atoms with E-state index in [1.165, 1.54) is 36.0 Å². The molecule has 1 heteroatoms. The zero-order valence-electron chi connectivity index (χ0n) is 12.3. The Hall–Kier alpha value is -0.820. The lowest BCUT2D eigenvalue weighted by molar-refractivity contribution is 0.225. The maximum atomic E-state index is 3.75. The van der Waals surface area contributed by atoms with Crippen molar-refractivity contribution in [3.8, 4) is 0 Å². The molecule has 18 heavy (non-hydrogen) atoms. The molecule has 0 aliphatic heterocycles. The third-order valence-electron chi connectivity index (χ3n) is 4.68. The number of hydrogen-bond donors (Lipinski definition) is 1. The predicted octanol–water partition coefficient (Wildman–Crippen LogP) is 4.22. The van der Waals surface area contributed by atoms with Crippen molar-refractivity contribution in [2.75, 3.05) is 0 Å². The van der Waals surface area contributed by atoms with E-state index in [9.17, 15) is 0 Å². The highest BCUT2D eigenvalue weighted by Crippen LogP contribution is 2.29. The van der Waals surface area contributed by atoms with Crippen LogP contribution in [-0.2, 0) is 6.54 Å². The van der Waals surface area contributed by atoms with Crippen molar-refractivity contribution in [1.29, 1.82) is 0 Å². The molecule has 1 fully saturated rings. The lowest BCUT2D eigenvalue weighted by Gasteiger charge is -2.32. The van der Waals surface area contributed by atoms with E-state index in [1.807, 2.05) is 0 Å². The first-order chi connectivity index (χ1) is 8.56. The van der Waals surface area contributed by atoms with Crippen LogP contribution in [0.2, 0.25) is 0 Å². The van der Waals surface area contributed by atoms with Gasteiger partial charge in [0.25, 0.3) is 0 Å². The molecule has 0 spiro atoms. The number of hydrogen-bond acceptors (Lipinski definition) is 1. The zero-order valence-corrected chi connectivity index (χ0v) is 12.3. The van der Waals surface area contributed by atoms with Gasteiger partial charge < -0.3 is 5.32 Å². The second-order valence-corrected chi connectivity index (χ2v) is 6.28. The van der Waals surface area contributed by atoms with Crippen molar-refractivity contribution in [2.24, 2.45) is 11.8 Å². The molecule has 0 radical (unpaired) electrons. The first kappa shape index (κ1) is 13.6. The fourth-order valence-corrected chi connectivity index (χ4v) is 3.03. The van der Waals surface area contributed by atoms with E-state index in [0.29, 0.717) is 0 Å². The second-order valence-electron chi connectivity index (χ2n) is 6.28. The van der Waals surface area contributed by atoms with Gasteiger partial charge in [-0.05, 0) is 56.1 Å². The highest BCUT2D eigenvalue weighted by atomic mass is 14.9. The Balaban J connectivity index is 1.88. The molecule has 3 atom stereocenters. The zero-order chi connectivity index (χ0) is 13.1. The highest BCUT2D eigenvalue weighted by molar-refractivity contribution is 5.30. The molecule has 1 aromatic rings. The monoisotopic (exact) mass is 245 g/mol. The van der Waals surface area contributed by atoms with Crippen molar-refractivity contribution >= 4 is 0 Å². The molecule has 100 valence electrons. The van der Waals surface area contributed by atoms with Crippen molar-refractivity contribution in [3.05, 3.63) is 34.9 Å². The molecule has 0 aromatic heterocycles. The summed E-state index contributed by atoms with van der Waals surface area (Å²) in [5.41, 5.74) is 4.22. The molecule has 1 aliphatic carbocycles. The third kappa shape index (κ3) is 3.35. The van der Waals surface area contributed by atoms with E-state index in [1.54, 1.807) is 0 Å². The summed E-state index contributed by atoms with van der Waals surface area (Å²) in [4.78, 5) is 0. The second kappa shape index (κ2) is 5.88. The molecule has 1 aromatic carbocycles. The average molecular weight is 245 g/mol. The van der Waals surface area contributed by atoms with Crippen LogP contribution in [0.3, 0.4) is 0 Å². The lowest BCUT2D eigenvalue weighted by Crippen LogP contribution is -2.35. The summed E-state index contributed by atoms with van der Waals surface area (Å²) >= 11 is 0. The fourth-order valence-electron chi connectivity index (χ4n) is 3.03. The Kier molecular flexibility index (Phi) is 4.45. The van der Waals surface area contributed by atoms with Crippen LogP contribution in [0.1, 0.15) is 49.8 Å². The minimum absolute atomic E-state index is 0.719. The van der Waals surface area contributed by atoms with Gasteiger partial charge in [-0.25, -0.2) is 0 Å². The SMILES string of the molecule is Cc1ccc(CNC2CCC(C)C(C)C2)c(C)c1. The van der Waals surface area contributed by atoms with E-state index in [0.717, 1.165) is 24.4 Å². The minimum Gasteiger partial charge on any atom is -0.310 e. The van der Waals surface area contributed by atoms with Crippen LogP contribution < -0.4 is 5.32 Å². The smallest absolute Gasteiger partial charge is 0.0210 e. The summed E-state index contributed by atoms with van der Waals surface area (Å²) in [6.45, 7) is 10.2. The van der Waals surface area contributed by atoms with E-state index < -0.39 is 0 Å². The Morgan fingerprint density at radius 2 is 1.89 bits per heavy atom. The highest BCUT2D eigenvalue weighted by Gasteiger charge is 2.23. The molecule has 1 N–H and O–H groups in total. The maximum Gasteiger partial charge on any atom is 0.0210 e. The van der Waals surface area contributed by atoms with Gasteiger partial charge in [0.2, 0.25) is 0 Å². The Bertz CT molecular complexity index is 397. The van der Waals surface area contributed by atoms with Crippen LogP contribution in [0.25, 0.3) is 0 Å². The summed E-state index contributed by atoms with van der Waals surface area (Å²) in [5.74, 6) is 1.78. The van der Waals surface area contributed by atoms with Gasteiger partial charge in [0.15, 0.2) is 0 Å². The van der Waals surface area contributed by atoms with E-state index >= 15 is 0 Å². The van der Waals surface area contributed by atoms with Crippen LogP contribution in [0, 0.1) is 25.7 Å². The standard InChI is InChI=1S/C17H27N/c1-12-5-7-16(15(4)9-12)11-18-17-8-6-13(2)14(3)10-17/h5,7,9,13-14,17-18H,6,8,10-11H2,1-4H3. The molecule has 3 unspecified atom stereocenters. The van der Waals surface area contributed by atoms with Crippen molar-refractivity contribution in [2.45, 2.75) is 59.5 Å². The van der Waals surface area contributed by atoms with Gasteiger partial charge in [0, 0.05) is 12.6 Å². The fraction of sp³-hybridized carbons (Fsp3) is 0.647. The van der Waals surface area contributed by atoms with E-state index in [4.69, 9.17) is 0 Å². The van der Waals surface area contributed by atoms with Crippen LogP contribution in [0.15, 0.2) is 18.2 Å². The molecular weight excluding hydrogens is 218 g/mol. The maximum absolute atomic E-state index is 3.75. The van der Waals surface area contributed by atoms with Crippen molar-refractivity contribution < 1.29 is 0 Å². The average Bonchev–Trinajstić information content (AvgIpc) is 2.32. The van der Waals surface area contributed by atoms with Gasteiger partial charge in [0.05, 0.1) is 0 Å². The third-order valence-corrected chi connectivity index (χ3v) is 4.68. The van der Waals surface area contributed by atoms with E-state index in [-0.39, 0.29) is 0 Å². The Morgan fingerprint density at radius 1 is 1.11 bits per heavy atom. The quantitative estimate of drug-likeness (QED) is 0.841. The summed E-state index contributed by atoms with van der Waals surface area (Å²) in [6, 6.07) is 7.49. The number of aryl methyl sites for hydroxylation is 2. The van der Waals surface area contributed by atoms with Gasteiger partial charge >= 0.3 is 0 Å². The van der Waals surface area contributed by atoms with Gasteiger partial charge in [-0.3, -0.25) is 0 Å². The minimum atomic E-state index is 0.719. The molecule has 0 heterocycles. The largest absolute Gasteiger partial charge is 0.310 e. The number of nitrogens with one attached hydrogen (secondary N) is 1. The van der Waals surface area contributed by atoms with Crippen LogP contribution >= 0.6 is 0 Å². The summed E-state index contributed by atoms with van der Waals surface area (Å²) in [7, 11) is 0. The van der Waals surface area contributed by atoms with Gasteiger partial charge in [0.1, 0.15) is 0 Å². The number of rotatable bonds is 3. The van der Waals surface area contributed by atoms with Gasteiger partial charge in [-0.15, -0.1) is 0 Å². The Labute approximate surface area is 112 Å². The molecule has 1 saturated carbocycles. The summed E-state index contributed by atoms with van der Waals surface area (Å²) in [5, 5.41) is 3.75.